The smallest absolute Gasteiger partial charge is 0.282 e. The fourth-order valence-electron chi connectivity index (χ4n) is 2.77. The lowest BCUT2D eigenvalue weighted by Gasteiger charge is -2.46. The topological polar surface area (TPSA) is 49.9 Å². The van der Waals surface area contributed by atoms with Gasteiger partial charge in [-0.15, -0.1) is 0 Å². The molecule has 1 aromatic rings. The largest absolute Gasteiger partial charge is 0.378 e. The van der Waals surface area contributed by atoms with Crippen molar-refractivity contribution in [2.75, 3.05) is 27.3 Å². The molecule has 0 N–H and O–H groups in total. The Morgan fingerprint density at radius 1 is 1.29 bits per heavy atom. The predicted molar refractivity (Wildman–Crippen MR) is 83.3 cm³/mol. The Bertz CT molecular complexity index is 570. The van der Waals surface area contributed by atoms with Crippen LogP contribution in [0.5, 0.6) is 0 Å². The summed E-state index contributed by atoms with van der Waals surface area (Å²) in [7, 11) is -0.350. The van der Waals surface area contributed by atoms with Crippen molar-refractivity contribution in [3.05, 3.63) is 35.9 Å². The summed E-state index contributed by atoms with van der Waals surface area (Å²) in [5.41, 5.74) is 0.559. The van der Waals surface area contributed by atoms with Crippen LogP contribution in [0.1, 0.15) is 19.4 Å². The fourth-order valence-corrected chi connectivity index (χ4v) is 4.32. The summed E-state index contributed by atoms with van der Waals surface area (Å²) in [4.78, 5) is 0. The molecule has 1 heterocycles. The highest BCUT2D eigenvalue weighted by atomic mass is 32.2. The van der Waals surface area contributed by atoms with E-state index in [0.29, 0.717) is 19.6 Å². The molecule has 5 nitrogen and oxygen atoms in total. The summed E-state index contributed by atoms with van der Waals surface area (Å²) >= 11 is 0. The van der Waals surface area contributed by atoms with E-state index in [1.165, 1.54) is 4.31 Å². The second-order valence-electron chi connectivity index (χ2n) is 6.26. The lowest BCUT2D eigenvalue weighted by Crippen LogP contribution is -2.63. The van der Waals surface area contributed by atoms with Crippen molar-refractivity contribution in [1.82, 2.24) is 8.61 Å². The molecule has 0 radical (unpaired) electrons. The van der Waals surface area contributed by atoms with Crippen LogP contribution >= 0.6 is 0 Å². The zero-order chi connectivity index (χ0) is 15.7. The molecule has 0 amide bonds. The SMILES string of the molecule is CN(C)S(=O)(=O)N1C(Cc2ccccc2)COCC1(C)C. The van der Waals surface area contributed by atoms with Crippen LogP contribution in [-0.4, -0.2) is 55.9 Å². The number of benzene rings is 1. The van der Waals surface area contributed by atoms with Gasteiger partial charge in [-0.3, -0.25) is 0 Å². The van der Waals surface area contributed by atoms with E-state index in [0.717, 1.165) is 5.56 Å². The Kier molecular flexibility index (Phi) is 4.72. The predicted octanol–water partition coefficient (Wildman–Crippen LogP) is 1.51. The van der Waals surface area contributed by atoms with Crippen molar-refractivity contribution in [2.45, 2.75) is 31.8 Å². The minimum absolute atomic E-state index is 0.191. The van der Waals surface area contributed by atoms with E-state index in [4.69, 9.17) is 4.74 Å². The molecule has 1 aromatic carbocycles. The molecule has 0 aromatic heterocycles. The van der Waals surface area contributed by atoms with Gasteiger partial charge in [-0.1, -0.05) is 30.3 Å². The Hall–Kier alpha value is -0.950. The molecular weight excluding hydrogens is 288 g/mol. The van der Waals surface area contributed by atoms with E-state index < -0.39 is 15.7 Å². The van der Waals surface area contributed by atoms with E-state index in [1.807, 2.05) is 44.2 Å². The maximum atomic E-state index is 12.7. The van der Waals surface area contributed by atoms with Gasteiger partial charge in [0.2, 0.25) is 0 Å². The zero-order valence-electron chi connectivity index (χ0n) is 13.1. The molecule has 0 spiro atoms. The summed E-state index contributed by atoms with van der Waals surface area (Å²) in [5.74, 6) is 0. The van der Waals surface area contributed by atoms with Crippen LogP contribution in [0.3, 0.4) is 0 Å². The van der Waals surface area contributed by atoms with Crippen LogP contribution < -0.4 is 0 Å². The number of nitrogens with zero attached hydrogens (tertiary/aromatic N) is 2. The molecule has 2 rings (SSSR count). The monoisotopic (exact) mass is 312 g/mol. The summed E-state index contributed by atoms with van der Waals surface area (Å²) in [6.07, 6.45) is 0.650. The minimum atomic E-state index is -3.49. The molecule has 1 aliphatic rings. The lowest BCUT2D eigenvalue weighted by molar-refractivity contribution is -0.0459. The average Bonchev–Trinajstić information content (AvgIpc) is 2.38. The van der Waals surface area contributed by atoms with Crippen LogP contribution in [0.15, 0.2) is 30.3 Å². The van der Waals surface area contributed by atoms with E-state index in [2.05, 4.69) is 0 Å². The third-order valence-electron chi connectivity index (χ3n) is 3.72. The van der Waals surface area contributed by atoms with Crippen molar-refractivity contribution in [3.63, 3.8) is 0 Å². The molecule has 1 aliphatic heterocycles. The van der Waals surface area contributed by atoms with Crippen LogP contribution in [0.2, 0.25) is 0 Å². The van der Waals surface area contributed by atoms with Gasteiger partial charge in [0, 0.05) is 14.1 Å². The highest BCUT2D eigenvalue weighted by molar-refractivity contribution is 7.86. The third-order valence-corrected chi connectivity index (χ3v) is 5.93. The summed E-state index contributed by atoms with van der Waals surface area (Å²) in [6.45, 7) is 4.65. The molecule has 6 heteroatoms. The van der Waals surface area contributed by atoms with E-state index in [9.17, 15) is 8.42 Å². The first-order valence-electron chi connectivity index (χ1n) is 7.09. The maximum absolute atomic E-state index is 12.7. The zero-order valence-corrected chi connectivity index (χ0v) is 13.9. The maximum Gasteiger partial charge on any atom is 0.282 e. The van der Waals surface area contributed by atoms with Crippen LogP contribution in [0.4, 0.5) is 0 Å². The number of rotatable bonds is 4. The molecule has 0 bridgehead atoms. The van der Waals surface area contributed by atoms with E-state index in [-0.39, 0.29) is 6.04 Å². The first kappa shape index (κ1) is 16.4. The summed E-state index contributed by atoms with van der Waals surface area (Å²) < 4.78 is 33.9. The molecule has 1 unspecified atom stereocenters. The average molecular weight is 312 g/mol. The van der Waals surface area contributed by atoms with Gasteiger partial charge in [0.1, 0.15) is 0 Å². The summed E-state index contributed by atoms with van der Waals surface area (Å²) in [5, 5.41) is 0. The standard InChI is InChI=1S/C15H24N2O3S/c1-15(2)12-20-11-14(10-13-8-6-5-7-9-13)17(15)21(18,19)16(3)4/h5-9,14H,10-12H2,1-4H3. The molecule has 21 heavy (non-hydrogen) atoms. The summed E-state index contributed by atoms with van der Waals surface area (Å²) in [6, 6.07) is 9.73. The van der Waals surface area contributed by atoms with Gasteiger partial charge in [0.05, 0.1) is 24.8 Å². The number of hydrogen-bond donors (Lipinski definition) is 0. The lowest BCUT2D eigenvalue weighted by atomic mass is 9.99. The Labute approximate surface area is 127 Å². The van der Waals surface area contributed by atoms with Crippen LogP contribution in [-0.2, 0) is 21.4 Å². The molecule has 1 atom stereocenters. The van der Waals surface area contributed by atoms with Crippen LogP contribution in [0.25, 0.3) is 0 Å². The molecule has 0 saturated carbocycles. The quantitative estimate of drug-likeness (QED) is 0.847. The molecule has 0 aliphatic carbocycles. The van der Waals surface area contributed by atoms with Gasteiger partial charge in [-0.05, 0) is 25.8 Å². The van der Waals surface area contributed by atoms with E-state index in [1.54, 1.807) is 18.4 Å². The molecular formula is C15H24N2O3S. The van der Waals surface area contributed by atoms with Crippen molar-refractivity contribution < 1.29 is 13.2 Å². The van der Waals surface area contributed by atoms with Gasteiger partial charge in [-0.25, -0.2) is 0 Å². The van der Waals surface area contributed by atoms with Crippen molar-refractivity contribution in [2.24, 2.45) is 0 Å². The minimum Gasteiger partial charge on any atom is -0.378 e. The Morgan fingerprint density at radius 3 is 2.48 bits per heavy atom. The fraction of sp³-hybridized carbons (Fsp3) is 0.600. The normalized spacial score (nSPS) is 23.4. The number of morpholine rings is 1. The Balaban J connectivity index is 2.33. The van der Waals surface area contributed by atoms with Crippen LogP contribution in [0, 0.1) is 0 Å². The molecule has 1 saturated heterocycles. The molecule has 118 valence electrons. The molecule has 1 fully saturated rings. The number of hydrogen-bond acceptors (Lipinski definition) is 3. The van der Waals surface area contributed by atoms with Crippen molar-refractivity contribution in [1.29, 1.82) is 0 Å². The van der Waals surface area contributed by atoms with E-state index >= 15 is 0 Å². The third kappa shape index (κ3) is 3.45. The van der Waals surface area contributed by atoms with Gasteiger partial charge < -0.3 is 4.74 Å². The van der Waals surface area contributed by atoms with Gasteiger partial charge in [0.25, 0.3) is 10.2 Å². The number of ether oxygens (including phenoxy) is 1. The van der Waals surface area contributed by atoms with Gasteiger partial charge in [-0.2, -0.15) is 17.0 Å². The second kappa shape index (κ2) is 6.04. The van der Waals surface area contributed by atoms with Crippen molar-refractivity contribution >= 4 is 10.2 Å². The van der Waals surface area contributed by atoms with Crippen molar-refractivity contribution in [3.8, 4) is 0 Å². The highest BCUT2D eigenvalue weighted by Gasteiger charge is 2.45. The first-order valence-corrected chi connectivity index (χ1v) is 8.48. The van der Waals surface area contributed by atoms with Gasteiger partial charge >= 0.3 is 0 Å². The van der Waals surface area contributed by atoms with Gasteiger partial charge in [0.15, 0.2) is 0 Å². The first-order chi connectivity index (χ1) is 9.75. The highest BCUT2D eigenvalue weighted by Crippen LogP contribution is 2.29. The second-order valence-corrected chi connectivity index (χ2v) is 8.28. The Morgan fingerprint density at radius 2 is 1.90 bits per heavy atom.